The van der Waals surface area contributed by atoms with E-state index in [0.29, 0.717) is 12.3 Å². The van der Waals surface area contributed by atoms with Gasteiger partial charge < -0.3 is 5.32 Å². The number of rotatable bonds is 6. The third kappa shape index (κ3) is 6.51. The number of nitrogens with zero attached hydrogens (tertiary/aromatic N) is 3. The normalized spacial score (nSPS) is 12.8. The first-order chi connectivity index (χ1) is 13.3. The van der Waals surface area contributed by atoms with E-state index in [1.165, 1.54) is 0 Å². The second-order valence-electron chi connectivity index (χ2n) is 7.79. The average molecular weight is 377 g/mol. The maximum absolute atomic E-state index is 12.5. The van der Waals surface area contributed by atoms with Gasteiger partial charge in [0.1, 0.15) is 12.0 Å². The Hall–Kier alpha value is -3.20. The van der Waals surface area contributed by atoms with Gasteiger partial charge in [-0.3, -0.25) is 15.1 Å². The van der Waals surface area contributed by atoms with E-state index in [4.69, 9.17) is 10.3 Å². The maximum atomic E-state index is 12.5. The van der Waals surface area contributed by atoms with Crippen molar-refractivity contribution in [1.29, 1.82) is 5.26 Å². The second-order valence-corrected chi connectivity index (χ2v) is 7.79. The molecule has 0 aliphatic rings. The van der Waals surface area contributed by atoms with Crippen LogP contribution in [-0.2, 0) is 17.6 Å². The fourth-order valence-corrected chi connectivity index (χ4v) is 2.67. The lowest BCUT2D eigenvalue weighted by Crippen LogP contribution is -2.44. The molecule has 1 unspecified atom stereocenters. The van der Waals surface area contributed by atoms with Crippen LogP contribution in [0.4, 0.5) is 0 Å². The van der Waals surface area contributed by atoms with Gasteiger partial charge in [-0.1, -0.05) is 51.1 Å². The summed E-state index contributed by atoms with van der Waals surface area (Å²) in [7, 11) is 0. The van der Waals surface area contributed by atoms with E-state index >= 15 is 0 Å². The smallest absolute Gasteiger partial charge is 0.226 e. The van der Waals surface area contributed by atoms with Crippen molar-refractivity contribution in [1.82, 2.24) is 15.6 Å². The van der Waals surface area contributed by atoms with Gasteiger partial charge in [0.25, 0.3) is 0 Å². The lowest BCUT2D eigenvalue weighted by molar-refractivity contribution is -0.121. The van der Waals surface area contributed by atoms with Crippen molar-refractivity contribution in [3.8, 4) is 6.19 Å². The molecule has 1 heterocycles. The summed E-state index contributed by atoms with van der Waals surface area (Å²) in [5.41, 5.74) is 2.73. The minimum absolute atomic E-state index is 0.135. The first kappa shape index (κ1) is 21.1. The van der Waals surface area contributed by atoms with Crippen LogP contribution in [0.5, 0.6) is 0 Å². The molecule has 146 valence electrons. The quantitative estimate of drug-likeness (QED) is 0.350. The molecule has 28 heavy (non-hydrogen) atoms. The van der Waals surface area contributed by atoms with E-state index in [2.05, 4.69) is 15.6 Å². The lowest BCUT2D eigenvalue weighted by atomic mass is 9.92. The van der Waals surface area contributed by atoms with Crippen molar-refractivity contribution in [2.75, 3.05) is 0 Å². The highest BCUT2D eigenvalue weighted by atomic mass is 16.1. The Morgan fingerprint density at radius 1 is 1.21 bits per heavy atom. The van der Waals surface area contributed by atoms with E-state index in [1.54, 1.807) is 18.5 Å². The predicted molar refractivity (Wildman–Crippen MR) is 110 cm³/mol. The van der Waals surface area contributed by atoms with Gasteiger partial charge in [-0.15, -0.1) is 0 Å². The maximum Gasteiger partial charge on any atom is 0.226 e. The zero-order valence-electron chi connectivity index (χ0n) is 16.9. The number of aryl methyl sites for hydroxylation is 1. The molecule has 1 aromatic carbocycles. The molecule has 2 aromatic rings. The van der Waals surface area contributed by atoms with Crippen LogP contribution in [0.3, 0.4) is 0 Å². The number of carbonyl (C=O) groups excluding carboxylic acids is 1. The first-order valence-electron chi connectivity index (χ1n) is 9.24. The van der Waals surface area contributed by atoms with E-state index in [1.807, 2.05) is 64.2 Å². The molecule has 0 saturated heterocycles. The number of pyridine rings is 1. The lowest BCUT2D eigenvalue weighted by Gasteiger charge is -2.29. The molecule has 0 spiro atoms. The summed E-state index contributed by atoms with van der Waals surface area (Å²) in [5, 5.41) is 14.8. The number of benzene rings is 1. The summed E-state index contributed by atoms with van der Waals surface area (Å²) in [6.07, 6.45) is 5.55. The predicted octanol–water partition coefficient (Wildman–Crippen LogP) is 3.13. The standard InChI is InChI=1S/C22H27N5O/c1-16-8-5-6-10-18(16)13-19(25-15-23)26-21(22(2,3)4)27-20(28)12-17-9-7-11-24-14-17/h5-11,14,21H,12-13H2,1-4H3,(H,25,26)(H,27,28). The third-order valence-corrected chi connectivity index (χ3v) is 4.31. The Labute approximate surface area is 166 Å². The second kappa shape index (κ2) is 9.65. The fourth-order valence-electron chi connectivity index (χ4n) is 2.67. The number of carbonyl (C=O) groups is 1. The number of aromatic nitrogens is 1. The Morgan fingerprint density at radius 2 is 1.96 bits per heavy atom. The van der Waals surface area contributed by atoms with Crippen LogP contribution in [0.1, 0.15) is 37.5 Å². The van der Waals surface area contributed by atoms with E-state index in [-0.39, 0.29) is 17.7 Å². The van der Waals surface area contributed by atoms with Gasteiger partial charge in [-0.2, -0.15) is 5.26 Å². The number of hydrogen-bond donors (Lipinski definition) is 2. The third-order valence-electron chi connectivity index (χ3n) is 4.31. The molecule has 0 fully saturated rings. The number of nitrogens with one attached hydrogen (secondary N) is 2. The van der Waals surface area contributed by atoms with Gasteiger partial charge in [0.15, 0.2) is 6.19 Å². The van der Waals surface area contributed by atoms with Crippen LogP contribution in [0.25, 0.3) is 0 Å². The summed E-state index contributed by atoms with van der Waals surface area (Å²) < 4.78 is 0. The molecule has 1 atom stereocenters. The Morgan fingerprint density at radius 3 is 2.57 bits per heavy atom. The number of aliphatic imine (C=N–C) groups is 1. The molecule has 0 radical (unpaired) electrons. The van der Waals surface area contributed by atoms with Crippen molar-refractivity contribution in [3.05, 3.63) is 65.5 Å². The Balaban J connectivity index is 2.20. The molecule has 1 amide bonds. The van der Waals surface area contributed by atoms with Crippen LogP contribution in [0.15, 0.2) is 53.8 Å². The monoisotopic (exact) mass is 377 g/mol. The van der Waals surface area contributed by atoms with Gasteiger partial charge >= 0.3 is 0 Å². The summed E-state index contributed by atoms with van der Waals surface area (Å²) in [6.45, 7) is 8.03. The van der Waals surface area contributed by atoms with Crippen molar-refractivity contribution in [2.45, 2.75) is 46.7 Å². The molecule has 0 saturated carbocycles. The highest BCUT2D eigenvalue weighted by Gasteiger charge is 2.26. The van der Waals surface area contributed by atoms with E-state index in [9.17, 15) is 4.79 Å². The van der Waals surface area contributed by atoms with Crippen LogP contribution in [0.2, 0.25) is 0 Å². The van der Waals surface area contributed by atoms with Gasteiger partial charge in [-0.25, -0.2) is 4.99 Å². The van der Waals surface area contributed by atoms with Crippen molar-refractivity contribution >= 4 is 11.7 Å². The summed E-state index contributed by atoms with van der Waals surface area (Å²) >= 11 is 0. The van der Waals surface area contributed by atoms with E-state index < -0.39 is 6.17 Å². The van der Waals surface area contributed by atoms with Crippen LogP contribution < -0.4 is 10.6 Å². The highest BCUT2D eigenvalue weighted by Crippen LogP contribution is 2.21. The topological polar surface area (TPSA) is 90.2 Å². The molecule has 0 aliphatic heterocycles. The van der Waals surface area contributed by atoms with Gasteiger partial charge in [-0.05, 0) is 29.7 Å². The molecule has 0 bridgehead atoms. The summed E-state index contributed by atoms with van der Waals surface area (Å²) in [6, 6.07) is 11.6. The van der Waals surface area contributed by atoms with Gasteiger partial charge in [0, 0.05) is 24.2 Å². The van der Waals surface area contributed by atoms with Crippen molar-refractivity contribution < 1.29 is 4.79 Å². The van der Waals surface area contributed by atoms with Crippen molar-refractivity contribution in [2.24, 2.45) is 10.4 Å². The number of amides is 1. The molecular weight excluding hydrogens is 350 g/mol. The molecule has 1 aromatic heterocycles. The summed E-state index contributed by atoms with van der Waals surface area (Å²) in [4.78, 5) is 21.3. The zero-order chi connectivity index (χ0) is 20.6. The fraction of sp³-hybridized carbons (Fsp3) is 0.364. The SMILES string of the molecule is Cc1ccccc1CC(=NC(NC(=O)Cc1cccnc1)C(C)(C)C)NC#N. The van der Waals surface area contributed by atoms with Gasteiger partial charge in [0.2, 0.25) is 5.91 Å². The van der Waals surface area contributed by atoms with E-state index in [0.717, 1.165) is 16.7 Å². The number of nitriles is 1. The van der Waals surface area contributed by atoms with Crippen molar-refractivity contribution in [3.63, 3.8) is 0 Å². The van der Waals surface area contributed by atoms with Crippen LogP contribution >= 0.6 is 0 Å². The Bertz CT molecular complexity index is 862. The number of hydrogen-bond acceptors (Lipinski definition) is 4. The minimum atomic E-state index is -0.475. The molecule has 0 aliphatic carbocycles. The molecule has 6 nitrogen and oxygen atoms in total. The highest BCUT2D eigenvalue weighted by molar-refractivity contribution is 5.86. The first-order valence-corrected chi connectivity index (χ1v) is 9.24. The Kier molecular flexibility index (Phi) is 7.28. The molecular formula is C22H27N5O. The van der Waals surface area contributed by atoms with Gasteiger partial charge in [0.05, 0.1) is 6.42 Å². The van der Waals surface area contributed by atoms with Crippen LogP contribution in [-0.4, -0.2) is 22.9 Å². The van der Waals surface area contributed by atoms with Crippen LogP contribution in [0, 0.1) is 23.8 Å². The average Bonchev–Trinajstić information content (AvgIpc) is 2.63. The minimum Gasteiger partial charge on any atom is -0.334 e. The molecule has 6 heteroatoms. The largest absolute Gasteiger partial charge is 0.334 e. The molecule has 2 rings (SSSR count). The summed E-state index contributed by atoms with van der Waals surface area (Å²) in [5.74, 6) is 0.391. The number of amidine groups is 1. The molecule has 2 N–H and O–H groups in total. The zero-order valence-corrected chi connectivity index (χ0v) is 16.9.